The SMILES string of the molecule is CCCOCCCN1CCCN2CCCC2C1. The molecule has 17 heavy (non-hydrogen) atoms. The van der Waals surface area contributed by atoms with E-state index < -0.39 is 0 Å². The first-order valence-corrected chi connectivity index (χ1v) is 7.44. The molecule has 0 aliphatic carbocycles. The van der Waals surface area contributed by atoms with Gasteiger partial charge in [-0.15, -0.1) is 0 Å². The zero-order valence-electron chi connectivity index (χ0n) is 11.4. The lowest BCUT2D eigenvalue weighted by atomic mass is 10.2. The van der Waals surface area contributed by atoms with Crippen LogP contribution in [0.1, 0.15) is 39.0 Å². The fourth-order valence-corrected chi connectivity index (χ4v) is 3.12. The minimum atomic E-state index is 0.856. The summed E-state index contributed by atoms with van der Waals surface area (Å²) in [5.41, 5.74) is 0. The molecule has 0 N–H and O–H groups in total. The van der Waals surface area contributed by atoms with E-state index in [0.29, 0.717) is 0 Å². The number of rotatable bonds is 6. The van der Waals surface area contributed by atoms with E-state index >= 15 is 0 Å². The Bertz CT molecular complexity index is 210. The second-order valence-electron chi connectivity index (χ2n) is 5.45. The monoisotopic (exact) mass is 240 g/mol. The van der Waals surface area contributed by atoms with Gasteiger partial charge in [-0.05, 0) is 51.7 Å². The van der Waals surface area contributed by atoms with Gasteiger partial charge in [-0.2, -0.15) is 0 Å². The first kappa shape index (κ1) is 13.3. The zero-order chi connectivity index (χ0) is 11.9. The minimum absolute atomic E-state index is 0.856. The van der Waals surface area contributed by atoms with Gasteiger partial charge < -0.3 is 9.64 Å². The van der Waals surface area contributed by atoms with Gasteiger partial charge in [0.25, 0.3) is 0 Å². The third-order valence-corrected chi connectivity index (χ3v) is 4.00. The second kappa shape index (κ2) is 7.34. The van der Waals surface area contributed by atoms with Crippen LogP contribution in [0.3, 0.4) is 0 Å². The molecule has 3 nitrogen and oxygen atoms in total. The van der Waals surface area contributed by atoms with E-state index in [1.807, 2.05) is 0 Å². The van der Waals surface area contributed by atoms with Crippen LogP contribution in [0, 0.1) is 0 Å². The van der Waals surface area contributed by atoms with Crippen molar-refractivity contribution in [2.75, 3.05) is 45.9 Å². The molecule has 0 radical (unpaired) electrons. The molecule has 100 valence electrons. The van der Waals surface area contributed by atoms with Crippen LogP contribution in [0.4, 0.5) is 0 Å². The molecule has 0 aromatic rings. The summed E-state index contributed by atoms with van der Waals surface area (Å²) in [6.07, 6.45) is 6.53. The van der Waals surface area contributed by atoms with Crippen molar-refractivity contribution < 1.29 is 4.74 Å². The van der Waals surface area contributed by atoms with Crippen LogP contribution in [0.2, 0.25) is 0 Å². The Balaban J connectivity index is 1.63. The molecule has 2 rings (SSSR count). The van der Waals surface area contributed by atoms with Gasteiger partial charge in [0.1, 0.15) is 0 Å². The van der Waals surface area contributed by atoms with Gasteiger partial charge in [0.05, 0.1) is 0 Å². The molecule has 0 amide bonds. The van der Waals surface area contributed by atoms with Gasteiger partial charge in [0.15, 0.2) is 0 Å². The fraction of sp³-hybridized carbons (Fsp3) is 1.00. The largest absolute Gasteiger partial charge is 0.381 e. The quantitative estimate of drug-likeness (QED) is 0.660. The summed E-state index contributed by atoms with van der Waals surface area (Å²) in [6.45, 7) is 10.5. The van der Waals surface area contributed by atoms with E-state index in [-0.39, 0.29) is 0 Å². The first-order valence-electron chi connectivity index (χ1n) is 7.44. The Hall–Kier alpha value is -0.120. The van der Waals surface area contributed by atoms with E-state index in [9.17, 15) is 0 Å². The van der Waals surface area contributed by atoms with Gasteiger partial charge in [-0.1, -0.05) is 6.92 Å². The summed E-state index contributed by atoms with van der Waals surface area (Å²) in [4.78, 5) is 5.36. The maximum atomic E-state index is 5.55. The normalized spacial score (nSPS) is 27.0. The van der Waals surface area contributed by atoms with Crippen LogP contribution in [0.15, 0.2) is 0 Å². The Morgan fingerprint density at radius 2 is 2.00 bits per heavy atom. The number of hydrogen-bond acceptors (Lipinski definition) is 3. The lowest BCUT2D eigenvalue weighted by Gasteiger charge is -2.25. The molecular weight excluding hydrogens is 212 g/mol. The van der Waals surface area contributed by atoms with Crippen molar-refractivity contribution in [2.24, 2.45) is 0 Å². The number of fused-ring (bicyclic) bond motifs is 1. The predicted molar refractivity (Wildman–Crippen MR) is 71.4 cm³/mol. The highest BCUT2D eigenvalue weighted by molar-refractivity contribution is 4.84. The number of nitrogens with zero attached hydrogens (tertiary/aromatic N) is 2. The van der Waals surface area contributed by atoms with Crippen molar-refractivity contribution >= 4 is 0 Å². The Labute approximate surface area is 106 Å². The fourth-order valence-electron chi connectivity index (χ4n) is 3.12. The van der Waals surface area contributed by atoms with Crippen molar-refractivity contribution in [1.29, 1.82) is 0 Å². The zero-order valence-corrected chi connectivity index (χ0v) is 11.4. The minimum Gasteiger partial charge on any atom is -0.381 e. The standard InChI is InChI=1S/C14H28N2O/c1-2-11-17-12-5-8-15-7-4-10-16-9-3-6-14(16)13-15/h14H,2-13H2,1H3. The van der Waals surface area contributed by atoms with E-state index in [1.165, 1.54) is 58.4 Å². The molecule has 2 heterocycles. The number of ether oxygens (including phenoxy) is 1. The molecule has 2 fully saturated rings. The van der Waals surface area contributed by atoms with Crippen molar-refractivity contribution in [3.8, 4) is 0 Å². The van der Waals surface area contributed by atoms with Crippen molar-refractivity contribution in [3.63, 3.8) is 0 Å². The van der Waals surface area contributed by atoms with Gasteiger partial charge >= 0.3 is 0 Å². The maximum absolute atomic E-state index is 5.55. The third kappa shape index (κ3) is 4.23. The first-order chi connectivity index (χ1) is 8.40. The maximum Gasteiger partial charge on any atom is 0.0478 e. The average Bonchev–Trinajstić information content (AvgIpc) is 2.68. The average molecular weight is 240 g/mol. The molecule has 1 atom stereocenters. The summed E-state index contributed by atoms with van der Waals surface area (Å²) >= 11 is 0. The van der Waals surface area contributed by atoms with Crippen LogP contribution < -0.4 is 0 Å². The van der Waals surface area contributed by atoms with E-state index in [2.05, 4.69) is 16.7 Å². The summed E-state index contributed by atoms with van der Waals surface area (Å²) < 4.78 is 5.55. The Morgan fingerprint density at radius 1 is 1.12 bits per heavy atom. The highest BCUT2D eigenvalue weighted by Crippen LogP contribution is 2.21. The third-order valence-electron chi connectivity index (χ3n) is 4.00. The highest BCUT2D eigenvalue weighted by atomic mass is 16.5. The van der Waals surface area contributed by atoms with Gasteiger partial charge in [-0.25, -0.2) is 0 Å². The molecule has 1 unspecified atom stereocenters. The van der Waals surface area contributed by atoms with Gasteiger partial charge in [0, 0.05) is 32.3 Å². The molecule has 3 heteroatoms. The molecular formula is C14H28N2O. The summed E-state index contributed by atoms with van der Waals surface area (Å²) in [5.74, 6) is 0. The smallest absolute Gasteiger partial charge is 0.0478 e. The molecule has 2 aliphatic heterocycles. The van der Waals surface area contributed by atoms with Crippen LogP contribution in [-0.2, 0) is 4.74 Å². The highest BCUT2D eigenvalue weighted by Gasteiger charge is 2.28. The molecule has 0 saturated carbocycles. The number of hydrogen-bond donors (Lipinski definition) is 0. The van der Waals surface area contributed by atoms with E-state index in [0.717, 1.165) is 25.7 Å². The summed E-state index contributed by atoms with van der Waals surface area (Å²) in [5, 5.41) is 0. The van der Waals surface area contributed by atoms with Crippen LogP contribution >= 0.6 is 0 Å². The van der Waals surface area contributed by atoms with Crippen LogP contribution in [0.25, 0.3) is 0 Å². The molecule has 0 aromatic carbocycles. The predicted octanol–water partition coefficient (Wildman–Crippen LogP) is 1.97. The summed E-state index contributed by atoms with van der Waals surface area (Å²) in [7, 11) is 0. The van der Waals surface area contributed by atoms with E-state index in [4.69, 9.17) is 4.74 Å². The lowest BCUT2D eigenvalue weighted by Crippen LogP contribution is -2.37. The van der Waals surface area contributed by atoms with Crippen molar-refractivity contribution in [1.82, 2.24) is 9.80 Å². The van der Waals surface area contributed by atoms with Crippen LogP contribution in [0.5, 0.6) is 0 Å². The van der Waals surface area contributed by atoms with E-state index in [1.54, 1.807) is 0 Å². The topological polar surface area (TPSA) is 15.7 Å². The molecule has 2 saturated heterocycles. The molecule has 0 aromatic heterocycles. The molecule has 2 aliphatic rings. The van der Waals surface area contributed by atoms with Gasteiger partial charge in [0.2, 0.25) is 0 Å². The second-order valence-corrected chi connectivity index (χ2v) is 5.45. The van der Waals surface area contributed by atoms with Crippen LogP contribution in [-0.4, -0.2) is 61.8 Å². The van der Waals surface area contributed by atoms with Gasteiger partial charge in [-0.3, -0.25) is 4.90 Å². The molecule has 0 spiro atoms. The van der Waals surface area contributed by atoms with Crippen molar-refractivity contribution in [2.45, 2.75) is 45.1 Å². The van der Waals surface area contributed by atoms with Crippen molar-refractivity contribution in [3.05, 3.63) is 0 Å². The Morgan fingerprint density at radius 3 is 2.88 bits per heavy atom. The Kier molecular flexibility index (Phi) is 5.75. The summed E-state index contributed by atoms with van der Waals surface area (Å²) in [6, 6.07) is 0.856. The lowest BCUT2D eigenvalue weighted by molar-refractivity contribution is 0.119. The molecule has 0 bridgehead atoms.